The van der Waals surface area contributed by atoms with Crippen LogP contribution < -0.4 is 0 Å². The Labute approximate surface area is 98.5 Å². The van der Waals surface area contributed by atoms with Gasteiger partial charge in [0, 0.05) is 17.4 Å². The normalized spacial score (nSPS) is 18.4. The van der Waals surface area contributed by atoms with Gasteiger partial charge in [-0.05, 0) is 19.8 Å². The minimum Gasteiger partial charge on any atom is -0.429 e. The fourth-order valence-electron chi connectivity index (χ4n) is 1.51. The maximum absolute atomic E-state index is 11.5. The zero-order valence-electron chi connectivity index (χ0n) is 11.0. The molecule has 0 saturated carbocycles. The van der Waals surface area contributed by atoms with Gasteiger partial charge in [0.1, 0.15) is 0 Å². The van der Waals surface area contributed by atoms with Crippen molar-refractivity contribution < 1.29 is 14.6 Å². The summed E-state index contributed by atoms with van der Waals surface area (Å²) in [6, 6.07) is 0. The summed E-state index contributed by atoms with van der Waals surface area (Å²) in [5, 5.41) is 10.5. The molecule has 0 rings (SSSR count). The predicted octanol–water partition coefficient (Wildman–Crippen LogP) is 2.89. The van der Waals surface area contributed by atoms with Gasteiger partial charge in [0.15, 0.2) is 0 Å². The third-order valence-electron chi connectivity index (χ3n) is 3.24. The Morgan fingerprint density at radius 1 is 1.31 bits per heavy atom. The molecular weight excluding hydrogens is 204 g/mol. The van der Waals surface area contributed by atoms with Crippen LogP contribution in [-0.4, -0.2) is 16.9 Å². The summed E-state index contributed by atoms with van der Waals surface area (Å²) >= 11 is 0. The summed E-state index contributed by atoms with van der Waals surface area (Å²) in [7, 11) is 0. The van der Waals surface area contributed by atoms with E-state index < -0.39 is 11.8 Å². The molecule has 2 unspecified atom stereocenters. The number of carbonyl (C=O) groups is 1. The summed E-state index contributed by atoms with van der Waals surface area (Å²) in [6.07, 6.45) is 1.51. The lowest BCUT2D eigenvalue weighted by molar-refractivity contribution is -0.250. The lowest BCUT2D eigenvalue weighted by atomic mass is 9.85. The van der Waals surface area contributed by atoms with Crippen LogP contribution in [0.15, 0.2) is 12.2 Å². The van der Waals surface area contributed by atoms with E-state index in [9.17, 15) is 9.90 Å². The Morgan fingerprint density at radius 2 is 1.69 bits per heavy atom. The van der Waals surface area contributed by atoms with Gasteiger partial charge in [0.05, 0.1) is 0 Å². The van der Waals surface area contributed by atoms with Crippen molar-refractivity contribution in [3.8, 4) is 0 Å². The molecule has 2 atom stereocenters. The van der Waals surface area contributed by atoms with E-state index in [4.69, 9.17) is 4.74 Å². The fourth-order valence-corrected chi connectivity index (χ4v) is 1.51. The van der Waals surface area contributed by atoms with E-state index >= 15 is 0 Å². The van der Waals surface area contributed by atoms with Crippen LogP contribution >= 0.6 is 0 Å². The lowest BCUT2D eigenvalue weighted by Gasteiger charge is -2.37. The van der Waals surface area contributed by atoms with E-state index in [-0.39, 0.29) is 11.8 Å². The van der Waals surface area contributed by atoms with Crippen LogP contribution in [0, 0.1) is 11.8 Å². The van der Waals surface area contributed by atoms with Crippen LogP contribution in [0.5, 0.6) is 0 Å². The van der Waals surface area contributed by atoms with Crippen LogP contribution in [0.4, 0.5) is 0 Å². The molecule has 16 heavy (non-hydrogen) atoms. The van der Waals surface area contributed by atoms with Gasteiger partial charge < -0.3 is 9.84 Å². The summed E-state index contributed by atoms with van der Waals surface area (Å²) in [5.41, 5.74) is 0.310. The van der Waals surface area contributed by atoms with Gasteiger partial charge in [-0.3, -0.25) is 0 Å². The molecule has 3 nitrogen and oxygen atoms in total. The van der Waals surface area contributed by atoms with E-state index in [2.05, 4.69) is 6.58 Å². The van der Waals surface area contributed by atoms with Crippen molar-refractivity contribution in [3.63, 3.8) is 0 Å². The van der Waals surface area contributed by atoms with E-state index in [1.807, 2.05) is 27.7 Å². The predicted molar refractivity (Wildman–Crippen MR) is 64.8 cm³/mol. The first kappa shape index (κ1) is 15.2. The standard InChI is InChI=1S/C13H24O3/c1-7-10(5)13(15,11(6)8-2)16-12(14)9(3)4/h10-11,15H,3,7-8H2,1-2,4-6H3. The molecule has 0 spiro atoms. The molecule has 0 aliphatic heterocycles. The minimum atomic E-state index is -1.39. The second-order valence-corrected chi connectivity index (χ2v) is 4.54. The molecule has 0 aliphatic carbocycles. The summed E-state index contributed by atoms with van der Waals surface area (Å²) in [4.78, 5) is 11.5. The molecule has 0 aromatic heterocycles. The maximum Gasteiger partial charge on any atom is 0.335 e. The molecule has 0 heterocycles. The van der Waals surface area contributed by atoms with E-state index in [1.54, 1.807) is 6.92 Å². The Balaban J connectivity index is 4.94. The molecular formula is C13H24O3. The van der Waals surface area contributed by atoms with Crippen molar-refractivity contribution in [2.75, 3.05) is 0 Å². The monoisotopic (exact) mass is 228 g/mol. The number of carbonyl (C=O) groups excluding carboxylic acids is 1. The Hall–Kier alpha value is -0.830. The second-order valence-electron chi connectivity index (χ2n) is 4.54. The first-order chi connectivity index (χ1) is 7.29. The number of hydrogen-bond donors (Lipinski definition) is 1. The van der Waals surface area contributed by atoms with E-state index in [0.717, 1.165) is 12.8 Å². The van der Waals surface area contributed by atoms with Gasteiger partial charge in [-0.25, -0.2) is 4.79 Å². The number of rotatable bonds is 6. The number of esters is 1. The average molecular weight is 228 g/mol. The molecule has 0 radical (unpaired) electrons. The lowest BCUT2D eigenvalue weighted by Crippen LogP contribution is -2.47. The van der Waals surface area contributed by atoms with Crippen molar-refractivity contribution in [2.24, 2.45) is 11.8 Å². The zero-order valence-corrected chi connectivity index (χ0v) is 11.0. The first-order valence-electron chi connectivity index (χ1n) is 5.90. The van der Waals surface area contributed by atoms with E-state index in [1.165, 1.54) is 0 Å². The Kier molecular flexibility index (Phi) is 5.73. The number of ether oxygens (including phenoxy) is 1. The molecule has 0 amide bonds. The molecule has 3 heteroatoms. The Bertz CT molecular complexity index is 248. The number of aliphatic hydroxyl groups is 1. The van der Waals surface area contributed by atoms with Crippen molar-refractivity contribution in [1.29, 1.82) is 0 Å². The topological polar surface area (TPSA) is 46.5 Å². The van der Waals surface area contributed by atoms with Gasteiger partial charge in [-0.1, -0.05) is 34.3 Å². The highest BCUT2D eigenvalue weighted by Crippen LogP contribution is 2.32. The highest BCUT2D eigenvalue weighted by molar-refractivity contribution is 5.87. The van der Waals surface area contributed by atoms with Crippen LogP contribution in [-0.2, 0) is 9.53 Å². The van der Waals surface area contributed by atoms with Crippen LogP contribution in [0.25, 0.3) is 0 Å². The van der Waals surface area contributed by atoms with Gasteiger partial charge in [0.25, 0.3) is 0 Å². The molecule has 0 bridgehead atoms. The highest BCUT2D eigenvalue weighted by atomic mass is 16.7. The summed E-state index contributed by atoms with van der Waals surface area (Å²) in [6.45, 7) is 12.8. The first-order valence-corrected chi connectivity index (χ1v) is 5.90. The molecule has 94 valence electrons. The van der Waals surface area contributed by atoms with Crippen LogP contribution in [0.2, 0.25) is 0 Å². The van der Waals surface area contributed by atoms with Crippen molar-refractivity contribution in [1.82, 2.24) is 0 Å². The molecule has 0 aliphatic rings. The summed E-state index contributed by atoms with van der Waals surface area (Å²) < 4.78 is 5.22. The second kappa shape index (κ2) is 6.04. The Morgan fingerprint density at radius 3 is 1.94 bits per heavy atom. The van der Waals surface area contributed by atoms with Gasteiger partial charge in [-0.15, -0.1) is 0 Å². The molecule has 0 fully saturated rings. The van der Waals surface area contributed by atoms with Gasteiger partial charge >= 0.3 is 5.97 Å². The van der Waals surface area contributed by atoms with Crippen molar-refractivity contribution in [2.45, 2.75) is 53.2 Å². The van der Waals surface area contributed by atoms with Crippen LogP contribution in [0.3, 0.4) is 0 Å². The molecule has 0 aromatic carbocycles. The van der Waals surface area contributed by atoms with Crippen molar-refractivity contribution in [3.05, 3.63) is 12.2 Å². The third-order valence-corrected chi connectivity index (χ3v) is 3.24. The van der Waals surface area contributed by atoms with Crippen LogP contribution in [0.1, 0.15) is 47.5 Å². The largest absolute Gasteiger partial charge is 0.429 e. The zero-order chi connectivity index (χ0) is 12.9. The van der Waals surface area contributed by atoms with Gasteiger partial charge in [0.2, 0.25) is 5.79 Å². The smallest absolute Gasteiger partial charge is 0.335 e. The highest BCUT2D eigenvalue weighted by Gasteiger charge is 2.41. The molecule has 1 N–H and O–H groups in total. The maximum atomic E-state index is 11.5. The molecule has 0 saturated heterocycles. The van der Waals surface area contributed by atoms with Gasteiger partial charge in [-0.2, -0.15) is 0 Å². The minimum absolute atomic E-state index is 0.0919. The SMILES string of the molecule is C=C(C)C(=O)OC(O)(C(C)CC)C(C)CC. The quantitative estimate of drug-likeness (QED) is 0.432. The average Bonchev–Trinajstić information content (AvgIpc) is 2.25. The molecule has 0 aromatic rings. The van der Waals surface area contributed by atoms with E-state index in [0.29, 0.717) is 5.57 Å². The van der Waals surface area contributed by atoms with Crippen molar-refractivity contribution >= 4 is 5.97 Å². The third kappa shape index (κ3) is 3.34. The fraction of sp³-hybridized carbons (Fsp3) is 0.769. The number of hydrogen-bond acceptors (Lipinski definition) is 3. The summed E-state index contributed by atoms with van der Waals surface area (Å²) in [5.74, 6) is -2.10.